The number of rotatable bonds is 3. The van der Waals surface area contributed by atoms with E-state index in [0.717, 1.165) is 11.1 Å². The smallest absolute Gasteiger partial charge is 0.238 e. The largest absolute Gasteiger partial charge is 0.457 e. The Morgan fingerprint density at radius 1 is 0.852 bits per heavy atom. The van der Waals surface area contributed by atoms with E-state index in [-0.39, 0.29) is 10.8 Å². The minimum atomic E-state index is -3.78. The number of carbonyl (C=O) groups excluding carboxylic acids is 1. The van der Waals surface area contributed by atoms with Crippen LogP contribution in [0.5, 0.6) is 11.5 Å². The molecule has 0 saturated carbocycles. The van der Waals surface area contributed by atoms with Gasteiger partial charge in [0.15, 0.2) is 0 Å². The molecule has 0 saturated heterocycles. The number of benzene rings is 3. The van der Waals surface area contributed by atoms with Gasteiger partial charge in [-0.1, -0.05) is 36.4 Å². The zero-order chi connectivity index (χ0) is 19.0. The first-order valence-corrected chi connectivity index (χ1v) is 9.77. The molecule has 7 heteroatoms. The summed E-state index contributed by atoms with van der Waals surface area (Å²) in [6.45, 7) is 0. The summed E-state index contributed by atoms with van der Waals surface area (Å²) >= 11 is 0. The monoisotopic (exact) mass is 380 g/mol. The van der Waals surface area contributed by atoms with Gasteiger partial charge in [-0.05, 0) is 36.4 Å². The summed E-state index contributed by atoms with van der Waals surface area (Å²) in [4.78, 5) is 13.1. The van der Waals surface area contributed by atoms with Gasteiger partial charge in [-0.2, -0.15) is 0 Å². The molecule has 3 N–H and O–H groups in total. The molecular formula is C20H16N2O4S. The number of fused-ring (bicyclic) bond motifs is 2. The van der Waals surface area contributed by atoms with Gasteiger partial charge in [-0.15, -0.1) is 0 Å². The van der Waals surface area contributed by atoms with Crippen LogP contribution >= 0.6 is 0 Å². The molecule has 1 aliphatic heterocycles. The minimum Gasteiger partial charge on any atom is -0.457 e. The van der Waals surface area contributed by atoms with E-state index >= 15 is 0 Å². The second kappa shape index (κ2) is 6.53. The van der Waals surface area contributed by atoms with Gasteiger partial charge in [-0.25, -0.2) is 13.6 Å². The van der Waals surface area contributed by atoms with Crippen LogP contribution in [0.25, 0.3) is 0 Å². The third-order valence-corrected chi connectivity index (χ3v) is 5.32. The van der Waals surface area contributed by atoms with Crippen LogP contribution in [0.15, 0.2) is 77.7 Å². The molecule has 0 atom stereocenters. The SMILES string of the molecule is NS(=O)(=O)c1ccc(NC(=O)C2c3ccccc3Oc3ccccc32)cc1. The molecule has 1 aliphatic rings. The lowest BCUT2D eigenvalue weighted by Gasteiger charge is -2.27. The Morgan fingerprint density at radius 2 is 1.37 bits per heavy atom. The van der Waals surface area contributed by atoms with E-state index in [2.05, 4.69) is 5.32 Å². The van der Waals surface area contributed by atoms with E-state index in [1.807, 2.05) is 48.5 Å². The van der Waals surface area contributed by atoms with Crippen molar-refractivity contribution in [1.82, 2.24) is 0 Å². The molecule has 0 radical (unpaired) electrons. The summed E-state index contributed by atoms with van der Waals surface area (Å²) in [6.07, 6.45) is 0. The fourth-order valence-corrected chi connectivity index (χ4v) is 3.65. The highest BCUT2D eigenvalue weighted by molar-refractivity contribution is 7.89. The zero-order valence-electron chi connectivity index (χ0n) is 14.1. The van der Waals surface area contributed by atoms with Gasteiger partial charge < -0.3 is 10.1 Å². The number of hydrogen-bond donors (Lipinski definition) is 2. The molecule has 6 nitrogen and oxygen atoms in total. The summed E-state index contributed by atoms with van der Waals surface area (Å²) in [6, 6.07) is 20.5. The molecular weight excluding hydrogens is 364 g/mol. The van der Waals surface area contributed by atoms with Crippen molar-refractivity contribution in [3.05, 3.63) is 83.9 Å². The van der Waals surface area contributed by atoms with E-state index in [9.17, 15) is 13.2 Å². The number of para-hydroxylation sites is 2. The molecule has 136 valence electrons. The van der Waals surface area contributed by atoms with Crippen LogP contribution in [0, 0.1) is 0 Å². The number of primary sulfonamides is 1. The number of nitrogens with one attached hydrogen (secondary N) is 1. The molecule has 0 aromatic heterocycles. The second-order valence-corrected chi connectivity index (χ2v) is 7.73. The van der Waals surface area contributed by atoms with E-state index in [4.69, 9.17) is 9.88 Å². The van der Waals surface area contributed by atoms with Crippen molar-refractivity contribution in [2.75, 3.05) is 5.32 Å². The third kappa shape index (κ3) is 3.30. The third-order valence-electron chi connectivity index (χ3n) is 4.39. The van der Waals surface area contributed by atoms with Crippen LogP contribution in [-0.4, -0.2) is 14.3 Å². The number of amides is 1. The van der Waals surface area contributed by atoms with Crippen LogP contribution in [0.1, 0.15) is 17.0 Å². The van der Waals surface area contributed by atoms with Gasteiger partial charge in [0.2, 0.25) is 15.9 Å². The maximum atomic E-state index is 13.1. The minimum absolute atomic E-state index is 0.0118. The van der Waals surface area contributed by atoms with Gasteiger partial charge in [0.1, 0.15) is 11.5 Å². The molecule has 0 aliphatic carbocycles. The lowest BCUT2D eigenvalue weighted by atomic mass is 9.87. The van der Waals surface area contributed by atoms with Gasteiger partial charge in [-0.3, -0.25) is 4.79 Å². The highest BCUT2D eigenvalue weighted by Gasteiger charge is 2.32. The maximum absolute atomic E-state index is 13.1. The van der Waals surface area contributed by atoms with Crippen molar-refractivity contribution in [1.29, 1.82) is 0 Å². The number of anilines is 1. The molecule has 0 fully saturated rings. The van der Waals surface area contributed by atoms with Crippen LogP contribution in [0.3, 0.4) is 0 Å². The predicted octanol–water partition coefficient (Wildman–Crippen LogP) is 3.21. The highest BCUT2D eigenvalue weighted by Crippen LogP contribution is 2.44. The van der Waals surface area contributed by atoms with Gasteiger partial charge in [0.25, 0.3) is 0 Å². The molecule has 0 unspecified atom stereocenters. The van der Waals surface area contributed by atoms with Gasteiger partial charge >= 0.3 is 0 Å². The highest BCUT2D eigenvalue weighted by atomic mass is 32.2. The van der Waals surface area contributed by atoms with E-state index < -0.39 is 15.9 Å². The Balaban J connectivity index is 1.68. The van der Waals surface area contributed by atoms with Crippen molar-refractivity contribution in [2.24, 2.45) is 5.14 Å². The van der Waals surface area contributed by atoms with Gasteiger partial charge in [0, 0.05) is 16.8 Å². The van der Waals surface area contributed by atoms with Crippen molar-refractivity contribution in [3.8, 4) is 11.5 Å². The Morgan fingerprint density at radius 3 is 1.89 bits per heavy atom. The summed E-state index contributed by atoms with van der Waals surface area (Å²) in [7, 11) is -3.78. The molecule has 27 heavy (non-hydrogen) atoms. The van der Waals surface area contributed by atoms with Crippen LogP contribution in [0.4, 0.5) is 5.69 Å². The first-order chi connectivity index (χ1) is 12.9. The normalized spacial score (nSPS) is 13.2. The maximum Gasteiger partial charge on any atom is 0.238 e. The average Bonchev–Trinajstić information content (AvgIpc) is 2.65. The Bertz CT molecular complexity index is 1080. The Labute approximate surface area is 156 Å². The summed E-state index contributed by atoms with van der Waals surface area (Å²) < 4.78 is 28.6. The summed E-state index contributed by atoms with van der Waals surface area (Å²) in [5.74, 6) is 0.507. The van der Waals surface area contributed by atoms with Crippen molar-refractivity contribution in [3.63, 3.8) is 0 Å². The topological polar surface area (TPSA) is 98.5 Å². The molecule has 3 aromatic carbocycles. The van der Waals surface area contributed by atoms with E-state index in [1.165, 1.54) is 24.3 Å². The Kier molecular flexibility index (Phi) is 4.18. The standard InChI is InChI=1S/C20H16N2O4S/c21-27(24,25)14-11-9-13(10-12-14)22-20(23)19-15-5-1-3-7-17(15)26-18-8-4-2-6-16(18)19/h1-12,19H,(H,22,23)(H2,21,24,25). The van der Waals surface area contributed by atoms with Crippen molar-refractivity contribution in [2.45, 2.75) is 10.8 Å². The zero-order valence-corrected chi connectivity index (χ0v) is 14.9. The fourth-order valence-electron chi connectivity index (χ4n) is 3.13. The molecule has 0 spiro atoms. The number of sulfonamides is 1. The van der Waals surface area contributed by atoms with Gasteiger partial charge in [0.05, 0.1) is 10.8 Å². The molecule has 1 amide bonds. The van der Waals surface area contributed by atoms with E-state index in [0.29, 0.717) is 17.2 Å². The van der Waals surface area contributed by atoms with Crippen molar-refractivity contribution < 1.29 is 17.9 Å². The van der Waals surface area contributed by atoms with Crippen molar-refractivity contribution >= 4 is 21.6 Å². The van der Waals surface area contributed by atoms with Crippen LogP contribution in [-0.2, 0) is 14.8 Å². The Hall–Kier alpha value is -3.16. The number of ether oxygens (including phenoxy) is 1. The quantitative estimate of drug-likeness (QED) is 0.729. The second-order valence-electron chi connectivity index (χ2n) is 6.17. The molecule has 1 heterocycles. The number of carbonyl (C=O) groups is 1. The first kappa shape index (κ1) is 17.3. The number of nitrogens with two attached hydrogens (primary N) is 1. The first-order valence-electron chi connectivity index (χ1n) is 8.23. The molecule has 3 aromatic rings. The van der Waals surface area contributed by atoms with E-state index in [1.54, 1.807) is 0 Å². The van der Waals surface area contributed by atoms with Crippen LogP contribution < -0.4 is 15.2 Å². The number of hydrogen-bond acceptors (Lipinski definition) is 4. The summed E-state index contributed by atoms with van der Waals surface area (Å²) in [5.41, 5.74) is 2.03. The summed E-state index contributed by atoms with van der Waals surface area (Å²) in [5, 5.41) is 7.94. The van der Waals surface area contributed by atoms with Crippen LogP contribution in [0.2, 0.25) is 0 Å². The average molecular weight is 380 g/mol. The lowest BCUT2D eigenvalue weighted by molar-refractivity contribution is -0.116. The fraction of sp³-hybridized carbons (Fsp3) is 0.0500. The molecule has 4 rings (SSSR count). The molecule has 0 bridgehead atoms. The lowest BCUT2D eigenvalue weighted by Crippen LogP contribution is -2.25. The predicted molar refractivity (Wildman–Crippen MR) is 101 cm³/mol.